The molecule has 0 saturated carbocycles. The van der Waals surface area contributed by atoms with Crippen molar-refractivity contribution >= 4 is 32.3 Å². The molecule has 1 aromatic heterocycles. The normalized spacial score (nSPS) is 11.5. The Morgan fingerprint density at radius 2 is 1.23 bits per heavy atom. The molecular weight excluding hydrogens is 266 g/mol. The van der Waals surface area contributed by atoms with Crippen molar-refractivity contribution in [2.75, 3.05) is 0 Å². The van der Waals surface area contributed by atoms with Crippen LogP contribution in [0.25, 0.3) is 32.3 Å². The molecule has 0 aliphatic carbocycles. The summed E-state index contributed by atoms with van der Waals surface area (Å²) < 4.78 is 2.28. The highest BCUT2D eigenvalue weighted by atomic mass is 14.9. The second-order valence-electron chi connectivity index (χ2n) is 6.04. The first-order valence-corrected chi connectivity index (χ1v) is 8.01. The van der Waals surface area contributed by atoms with Gasteiger partial charge in [0.1, 0.15) is 7.05 Å². The molecule has 0 bridgehead atoms. The standard InChI is InChI=1S/C21H20N/c1-3-8-15-13-20-18-11-6-4-9-16(18)17-10-5-7-12-19(17)21(20)14-22(15)2/h4-7,9-14H,3,8H2,1-2H3/q+1. The Labute approximate surface area is 130 Å². The van der Waals surface area contributed by atoms with E-state index in [0.717, 1.165) is 6.42 Å². The molecule has 0 unspecified atom stereocenters. The van der Waals surface area contributed by atoms with Gasteiger partial charge in [-0.05, 0) is 28.0 Å². The van der Waals surface area contributed by atoms with E-state index in [2.05, 4.69) is 79.3 Å². The number of hydrogen-bond donors (Lipinski definition) is 0. The fourth-order valence-corrected chi connectivity index (χ4v) is 3.54. The molecule has 108 valence electrons. The number of hydrogen-bond acceptors (Lipinski definition) is 0. The second-order valence-corrected chi connectivity index (χ2v) is 6.04. The molecule has 0 aliphatic heterocycles. The Balaban J connectivity index is 2.27. The molecule has 0 fully saturated rings. The van der Waals surface area contributed by atoms with Gasteiger partial charge in [-0.1, -0.05) is 55.5 Å². The number of aromatic nitrogens is 1. The summed E-state index contributed by atoms with van der Waals surface area (Å²) in [5.41, 5.74) is 1.40. The van der Waals surface area contributed by atoms with Crippen molar-refractivity contribution in [1.29, 1.82) is 0 Å². The number of rotatable bonds is 2. The van der Waals surface area contributed by atoms with Crippen LogP contribution in [-0.4, -0.2) is 0 Å². The minimum Gasteiger partial charge on any atom is -0.205 e. The van der Waals surface area contributed by atoms with Gasteiger partial charge in [-0.15, -0.1) is 0 Å². The summed E-state index contributed by atoms with van der Waals surface area (Å²) in [5, 5.41) is 8.10. The van der Waals surface area contributed by atoms with Gasteiger partial charge >= 0.3 is 0 Å². The minimum absolute atomic E-state index is 1.12. The van der Waals surface area contributed by atoms with Gasteiger partial charge < -0.3 is 0 Å². The molecule has 0 radical (unpaired) electrons. The largest absolute Gasteiger partial charge is 0.205 e. The summed E-state index contributed by atoms with van der Waals surface area (Å²) >= 11 is 0. The highest BCUT2D eigenvalue weighted by Crippen LogP contribution is 2.34. The molecule has 0 spiro atoms. The Morgan fingerprint density at radius 3 is 1.77 bits per heavy atom. The third kappa shape index (κ3) is 1.89. The number of aryl methyl sites for hydroxylation is 2. The van der Waals surface area contributed by atoms with Gasteiger partial charge in [0.25, 0.3) is 0 Å². The molecule has 4 aromatic rings. The average Bonchev–Trinajstić information content (AvgIpc) is 2.56. The predicted molar refractivity (Wildman–Crippen MR) is 94.1 cm³/mol. The molecule has 0 atom stereocenters. The Morgan fingerprint density at radius 1 is 0.727 bits per heavy atom. The summed E-state index contributed by atoms with van der Waals surface area (Å²) in [6, 6.07) is 19.9. The van der Waals surface area contributed by atoms with E-state index in [1.807, 2.05) is 0 Å². The Kier molecular flexibility index (Phi) is 3.07. The molecule has 22 heavy (non-hydrogen) atoms. The van der Waals surface area contributed by atoms with Crippen LogP contribution >= 0.6 is 0 Å². The van der Waals surface area contributed by atoms with Gasteiger partial charge in [0.15, 0.2) is 11.9 Å². The van der Waals surface area contributed by atoms with Gasteiger partial charge in [0.2, 0.25) is 0 Å². The monoisotopic (exact) mass is 286 g/mol. The molecule has 0 N–H and O–H groups in total. The Hall–Kier alpha value is -2.41. The van der Waals surface area contributed by atoms with E-state index in [-0.39, 0.29) is 0 Å². The maximum Gasteiger partial charge on any atom is 0.181 e. The van der Waals surface area contributed by atoms with Crippen LogP contribution < -0.4 is 4.57 Å². The number of fused-ring (bicyclic) bond motifs is 6. The van der Waals surface area contributed by atoms with Crippen LogP contribution in [0.3, 0.4) is 0 Å². The highest BCUT2D eigenvalue weighted by molar-refractivity contribution is 6.24. The molecular formula is C21H20N+. The SMILES string of the molecule is CCCc1cc2c3ccccc3c3ccccc3c2c[n+]1C. The lowest BCUT2D eigenvalue weighted by Gasteiger charge is -2.10. The van der Waals surface area contributed by atoms with Crippen LogP contribution in [0.5, 0.6) is 0 Å². The summed E-state index contributed by atoms with van der Waals surface area (Å²) in [4.78, 5) is 0. The molecule has 4 rings (SSSR count). The molecule has 1 heterocycles. The van der Waals surface area contributed by atoms with Crippen molar-refractivity contribution in [3.05, 3.63) is 66.5 Å². The van der Waals surface area contributed by atoms with Crippen molar-refractivity contribution in [3.63, 3.8) is 0 Å². The lowest BCUT2D eigenvalue weighted by Crippen LogP contribution is -2.33. The first-order valence-electron chi connectivity index (χ1n) is 8.01. The lowest BCUT2D eigenvalue weighted by molar-refractivity contribution is -0.677. The quantitative estimate of drug-likeness (QED) is 0.363. The Bertz CT molecular complexity index is 999. The summed E-state index contributed by atoms with van der Waals surface area (Å²) in [6.45, 7) is 2.24. The zero-order valence-corrected chi connectivity index (χ0v) is 13.1. The van der Waals surface area contributed by atoms with E-state index < -0.39 is 0 Å². The van der Waals surface area contributed by atoms with Crippen molar-refractivity contribution in [2.45, 2.75) is 19.8 Å². The lowest BCUT2D eigenvalue weighted by atomic mass is 9.94. The molecule has 0 aliphatic rings. The zero-order valence-electron chi connectivity index (χ0n) is 13.1. The zero-order chi connectivity index (χ0) is 15.1. The maximum atomic E-state index is 2.38. The van der Waals surface area contributed by atoms with Crippen LogP contribution in [0, 0.1) is 0 Å². The van der Waals surface area contributed by atoms with E-state index in [9.17, 15) is 0 Å². The summed E-state index contributed by atoms with van der Waals surface area (Å²) in [7, 11) is 2.16. The average molecular weight is 286 g/mol. The first kappa shape index (κ1) is 13.3. The van der Waals surface area contributed by atoms with Crippen molar-refractivity contribution in [3.8, 4) is 0 Å². The fourth-order valence-electron chi connectivity index (χ4n) is 3.54. The second kappa shape index (κ2) is 5.10. The molecule has 1 nitrogen and oxygen atoms in total. The summed E-state index contributed by atoms with van der Waals surface area (Å²) in [5.74, 6) is 0. The van der Waals surface area contributed by atoms with Crippen molar-refractivity contribution < 1.29 is 4.57 Å². The third-order valence-corrected chi connectivity index (χ3v) is 4.61. The number of pyridine rings is 1. The fraction of sp³-hybridized carbons (Fsp3) is 0.190. The van der Waals surface area contributed by atoms with E-state index >= 15 is 0 Å². The third-order valence-electron chi connectivity index (χ3n) is 4.61. The van der Waals surface area contributed by atoms with Gasteiger partial charge in [0, 0.05) is 17.9 Å². The molecule has 3 aromatic carbocycles. The van der Waals surface area contributed by atoms with Crippen LogP contribution in [0.1, 0.15) is 19.0 Å². The smallest absolute Gasteiger partial charge is 0.181 e. The van der Waals surface area contributed by atoms with E-state index in [1.165, 1.54) is 44.4 Å². The minimum atomic E-state index is 1.12. The summed E-state index contributed by atoms with van der Waals surface area (Å²) in [6.07, 6.45) is 4.59. The molecule has 1 heteroatoms. The van der Waals surface area contributed by atoms with Gasteiger partial charge in [0.05, 0.1) is 5.39 Å². The van der Waals surface area contributed by atoms with Gasteiger partial charge in [-0.3, -0.25) is 0 Å². The van der Waals surface area contributed by atoms with Crippen molar-refractivity contribution in [2.24, 2.45) is 7.05 Å². The van der Waals surface area contributed by atoms with E-state index in [0.29, 0.717) is 0 Å². The maximum absolute atomic E-state index is 2.38. The van der Waals surface area contributed by atoms with Crippen LogP contribution in [0.2, 0.25) is 0 Å². The molecule has 0 amide bonds. The van der Waals surface area contributed by atoms with Crippen LogP contribution in [0.4, 0.5) is 0 Å². The van der Waals surface area contributed by atoms with Gasteiger partial charge in [-0.2, -0.15) is 0 Å². The van der Waals surface area contributed by atoms with Crippen LogP contribution in [0.15, 0.2) is 60.8 Å². The van der Waals surface area contributed by atoms with Crippen LogP contribution in [-0.2, 0) is 13.5 Å². The van der Waals surface area contributed by atoms with Gasteiger partial charge in [-0.25, -0.2) is 4.57 Å². The number of nitrogens with zero attached hydrogens (tertiary/aromatic N) is 1. The topological polar surface area (TPSA) is 3.88 Å². The molecule has 0 saturated heterocycles. The van der Waals surface area contributed by atoms with Crippen molar-refractivity contribution in [1.82, 2.24) is 0 Å². The predicted octanol–water partition coefficient (Wildman–Crippen LogP) is 4.92. The number of benzene rings is 3. The highest BCUT2D eigenvalue weighted by Gasteiger charge is 2.14. The van der Waals surface area contributed by atoms with E-state index in [4.69, 9.17) is 0 Å². The first-order chi connectivity index (χ1) is 10.8. The van der Waals surface area contributed by atoms with E-state index in [1.54, 1.807) is 0 Å².